The van der Waals surface area contributed by atoms with Gasteiger partial charge in [-0.1, -0.05) is 30.3 Å². The second-order valence-electron chi connectivity index (χ2n) is 6.02. The molecule has 2 N–H and O–H groups in total. The molecule has 2 aromatic rings. The third-order valence-corrected chi connectivity index (χ3v) is 4.47. The number of hydrogen-bond donors (Lipinski definition) is 2. The third kappa shape index (κ3) is 3.50. The molecular weight excluding hydrogens is 304 g/mol. The van der Waals surface area contributed by atoms with Crippen LogP contribution in [0.5, 0.6) is 0 Å². The van der Waals surface area contributed by atoms with Crippen molar-refractivity contribution in [1.82, 2.24) is 9.88 Å². The predicted molar refractivity (Wildman–Crippen MR) is 93.0 cm³/mol. The maximum absolute atomic E-state index is 12.7. The number of aromatic nitrogens is 1. The second kappa shape index (κ2) is 7.34. The summed E-state index contributed by atoms with van der Waals surface area (Å²) in [7, 11) is 0. The molecule has 2 atom stereocenters. The van der Waals surface area contributed by atoms with Gasteiger partial charge in [-0.2, -0.15) is 0 Å². The van der Waals surface area contributed by atoms with E-state index in [4.69, 9.17) is 0 Å². The van der Waals surface area contributed by atoms with Gasteiger partial charge in [0, 0.05) is 17.9 Å². The van der Waals surface area contributed by atoms with Crippen molar-refractivity contribution in [2.24, 2.45) is 5.92 Å². The molecule has 1 heterocycles. The Bertz CT molecular complexity index is 735. The van der Waals surface area contributed by atoms with Crippen LogP contribution in [0.1, 0.15) is 47.2 Å². The summed E-state index contributed by atoms with van der Waals surface area (Å²) in [4.78, 5) is 24.2. The van der Waals surface area contributed by atoms with E-state index in [2.05, 4.69) is 9.88 Å². The van der Waals surface area contributed by atoms with E-state index < -0.39 is 17.9 Å². The Morgan fingerprint density at radius 1 is 1.21 bits per heavy atom. The van der Waals surface area contributed by atoms with Crippen molar-refractivity contribution in [1.29, 1.82) is 0 Å². The van der Waals surface area contributed by atoms with Crippen LogP contribution in [0.4, 0.5) is 0 Å². The van der Waals surface area contributed by atoms with E-state index in [9.17, 15) is 14.7 Å². The van der Waals surface area contributed by atoms with Crippen LogP contribution in [-0.2, 0) is 11.3 Å². The van der Waals surface area contributed by atoms with Crippen LogP contribution in [0.2, 0.25) is 0 Å². The lowest BCUT2D eigenvalue weighted by Crippen LogP contribution is -2.35. The van der Waals surface area contributed by atoms with Gasteiger partial charge in [-0.05, 0) is 39.3 Å². The summed E-state index contributed by atoms with van der Waals surface area (Å²) in [6, 6.07) is 10.5. The van der Waals surface area contributed by atoms with Crippen LogP contribution in [0.25, 0.3) is 0 Å². The van der Waals surface area contributed by atoms with Gasteiger partial charge in [-0.25, -0.2) is 0 Å². The van der Waals surface area contributed by atoms with Gasteiger partial charge in [0.2, 0.25) is 0 Å². The van der Waals surface area contributed by atoms with Crippen molar-refractivity contribution < 1.29 is 14.7 Å². The van der Waals surface area contributed by atoms with Crippen LogP contribution >= 0.6 is 0 Å². The first-order chi connectivity index (χ1) is 11.4. The number of hydrogen-bond acceptors (Lipinski definition) is 2. The first kappa shape index (κ1) is 17.8. The number of amides is 1. The number of aryl methyl sites for hydroxylation is 1. The van der Waals surface area contributed by atoms with Crippen molar-refractivity contribution in [3.05, 3.63) is 58.9 Å². The fraction of sp³-hybridized carbons (Fsp3) is 0.368. The Balaban J connectivity index is 2.33. The molecule has 128 valence electrons. The van der Waals surface area contributed by atoms with Crippen LogP contribution < -0.4 is 5.32 Å². The summed E-state index contributed by atoms with van der Waals surface area (Å²) in [5, 5.41) is 12.3. The zero-order chi connectivity index (χ0) is 17.9. The standard InChI is InChI=1S/C19H24N2O3/c1-5-21-12(2)11-16(14(21)4)18(22)20-17(13(3)19(23)24)15-9-7-6-8-10-15/h6-11,13,17H,5H2,1-4H3,(H,20,22)(H,23,24). The first-order valence-corrected chi connectivity index (χ1v) is 8.12. The highest BCUT2D eigenvalue weighted by atomic mass is 16.4. The molecule has 24 heavy (non-hydrogen) atoms. The summed E-state index contributed by atoms with van der Waals surface area (Å²) in [5.74, 6) is -1.92. The molecule has 2 rings (SSSR count). The Morgan fingerprint density at radius 2 is 1.83 bits per heavy atom. The lowest BCUT2D eigenvalue weighted by Gasteiger charge is -2.23. The molecule has 0 saturated carbocycles. The molecule has 0 bridgehead atoms. The monoisotopic (exact) mass is 328 g/mol. The van der Waals surface area contributed by atoms with Crippen LogP contribution in [0.3, 0.4) is 0 Å². The minimum absolute atomic E-state index is 0.246. The largest absolute Gasteiger partial charge is 0.481 e. The molecule has 0 fully saturated rings. The molecule has 1 amide bonds. The SMILES string of the molecule is CCn1c(C)cc(C(=O)NC(c2ccccc2)C(C)C(=O)O)c1C. The van der Waals surface area contributed by atoms with Gasteiger partial charge < -0.3 is 15.0 Å². The van der Waals surface area contributed by atoms with Crippen molar-refractivity contribution in [3.63, 3.8) is 0 Å². The number of carbonyl (C=O) groups is 2. The third-order valence-electron chi connectivity index (χ3n) is 4.47. The predicted octanol–water partition coefficient (Wildman–Crippen LogP) is 3.32. The zero-order valence-corrected chi connectivity index (χ0v) is 14.5. The molecule has 0 aliphatic rings. The second-order valence-corrected chi connectivity index (χ2v) is 6.02. The first-order valence-electron chi connectivity index (χ1n) is 8.12. The van der Waals surface area contributed by atoms with E-state index in [1.807, 2.05) is 57.2 Å². The molecule has 0 aliphatic heterocycles. The van der Waals surface area contributed by atoms with E-state index in [1.165, 1.54) is 0 Å². The highest BCUT2D eigenvalue weighted by Gasteiger charge is 2.28. The summed E-state index contributed by atoms with van der Waals surface area (Å²) >= 11 is 0. The Morgan fingerprint density at radius 3 is 2.33 bits per heavy atom. The summed E-state index contributed by atoms with van der Waals surface area (Å²) < 4.78 is 2.06. The Labute approximate surface area is 142 Å². The molecule has 0 spiro atoms. The number of nitrogens with one attached hydrogen (secondary N) is 1. The molecular formula is C19H24N2O3. The van der Waals surface area contributed by atoms with E-state index in [-0.39, 0.29) is 5.91 Å². The molecule has 1 aromatic heterocycles. The number of benzene rings is 1. The summed E-state index contributed by atoms with van der Waals surface area (Å²) in [6.45, 7) is 8.29. The minimum Gasteiger partial charge on any atom is -0.481 e. The lowest BCUT2D eigenvalue weighted by atomic mass is 9.94. The summed E-state index contributed by atoms with van der Waals surface area (Å²) in [5.41, 5.74) is 3.28. The zero-order valence-electron chi connectivity index (χ0n) is 14.5. The number of carbonyl (C=O) groups excluding carboxylic acids is 1. The van der Waals surface area contributed by atoms with Gasteiger partial charge in [0.15, 0.2) is 0 Å². The van der Waals surface area contributed by atoms with E-state index in [1.54, 1.807) is 6.92 Å². The highest BCUT2D eigenvalue weighted by Crippen LogP contribution is 2.24. The van der Waals surface area contributed by atoms with Crippen LogP contribution in [0, 0.1) is 19.8 Å². The van der Waals surface area contributed by atoms with Gasteiger partial charge in [-0.3, -0.25) is 9.59 Å². The minimum atomic E-state index is -0.941. The average Bonchev–Trinajstić information content (AvgIpc) is 2.86. The van der Waals surface area contributed by atoms with Crippen LogP contribution in [-0.4, -0.2) is 21.6 Å². The summed E-state index contributed by atoms with van der Waals surface area (Å²) in [6.07, 6.45) is 0. The molecule has 0 saturated heterocycles. The fourth-order valence-corrected chi connectivity index (χ4v) is 3.04. The van der Waals surface area contributed by atoms with Gasteiger partial charge in [-0.15, -0.1) is 0 Å². The van der Waals surface area contributed by atoms with Crippen molar-refractivity contribution in [2.45, 2.75) is 40.3 Å². The topological polar surface area (TPSA) is 71.3 Å². The molecule has 5 nitrogen and oxygen atoms in total. The Kier molecular flexibility index (Phi) is 5.44. The lowest BCUT2D eigenvalue weighted by molar-refractivity contribution is -0.142. The average molecular weight is 328 g/mol. The Hall–Kier alpha value is -2.56. The number of nitrogens with zero attached hydrogens (tertiary/aromatic N) is 1. The van der Waals surface area contributed by atoms with Crippen molar-refractivity contribution >= 4 is 11.9 Å². The van der Waals surface area contributed by atoms with Gasteiger partial charge in [0.1, 0.15) is 0 Å². The molecule has 0 radical (unpaired) electrons. The number of carboxylic acids is 1. The maximum Gasteiger partial charge on any atom is 0.308 e. The fourth-order valence-electron chi connectivity index (χ4n) is 3.04. The van der Waals surface area contributed by atoms with Crippen LogP contribution in [0.15, 0.2) is 36.4 Å². The normalized spacial score (nSPS) is 13.3. The quantitative estimate of drug-likeness (QED) is 0.854. The van der Waals surface area contributed by atoms with Gasteiger partial charge in [0.25, 0.3) is 5.91 Å². The maximum atomic E-state index is 12.7. The number of aliphatic carboxylic acids is 1. The smallest absolute Gasteiger partial charge is 0.308 e. The number of rotatable bonds is 6. The molecule has 0 aliphatic carbocycles. The molecule has 1 aromatic carbocycles. The van der Waals surface area contributed by atoms with Gasteiger partial charge in [0.05, 0.1) is 17.5 Å². The highest BCUT2D eigenvalue weighted by molar-refractivity contribution is 5.96. The van der Waals surface area contributed by atoms with E-state index in [0.29, 0.717) is 5.56 Å². The number of carboxylic acid groups (broad SMARTS) is 1. The van der Waals surface area contributed by atoms with Gasteiger partial charge >= 0.3 is 5.97 Å². The molecule has 2 unspecified atom stereocenters. The van der Waals surface area contributed by atoms with Crippen molar-refractivity contribution in [3.8, 4) is 0 Å². The van der Waals surface area contributed by atoms with E-state index in [0.717, 1.165) is 23.5 Å². The molecule has 5 heteroatoms. The van der Waals surface area contributed by atoms with Crippen molar-refractivity contribution in [2.75, 3.05) is 0 Å². The van der Waals surface area contributed by atoms with E-state index >= 15 is 0 Å².